The van der Waals surface area contributed by atoms with Crippen LogP contribution in [-0.2, 0) is 10.3 Å². The van der Waals surface area contributed by atoms with Gasteiger partial charge in [0.2, 0.25) is 0 Å². The lowest BCUT2D eigenvalue weighted by atomic mass is 10.1. The fourth-order valence-electron chi connectivity index (χ4n) is 2.41. The second-order valence-electron chi connectivity index (χ2n) is 6.76. The molecule has 1 amide bonds. The van der Waals surface area contributed by atoms with E-state index >= 15 is 0 Å². The Kier molecular flexibility index (Phi) is 3.43. The van der Waals surface area contributed by atoms with Crippen LogP contribution in [0.2, 0.25) is 0 Å². The summed E-state index contributed by atoms with van der Waals surface area (Å²) in [6, 6.07) is 9.89. The highest BCUT2D eigenvalue weighted by atomic mass is 16.6. The average molecular weight is 299 g/mol. The molecule has 1 heterocycles. The number of amides is 1. The van der Waals surface area contributed by atoms with Crippen LogP contribution < -0.4 is 5.32 Å². The second kappa shape index (κ2) is 5.16. The summed E-state index contributed by atoms with van der Waals surface area (Å²) in [4.78, 5) is 12.0. The molecule has 1 saturated carbocycles. The minimum Gasteiger partial charge on any atom is -0.438 e. The lowest BCUT2D eigenvalue weighted by Crippen LogP contribution is -2.42. The third-order valence-corrected chi connectivity index (χ3v) is 3.63. The molecule has 0 radical (unpaired) electrons. The van der Waals surface area contributed by atoms with Crippen LogP contribution in [0, 0.1) is 0 Å². The van der Waals surface area contributed by atoms with Gasteiger partial charge in [0, 0.05) is 17.9 Å². The summed E-state index contributed by atoms with van der Waals surface area (Å²) in [6.07, 6.45) is 5.02. The van der Waals surface area contributed by atoms with Crippen LogP contribution in [0.15, 0.2) is 42.7 Å². The van der Waals surface area contributed by atoms with Crippen molar-refractivity contribution < 1.29 is 9.53 Å². The standard InChI is InChI=1S/C17H21N3O2/c1-16(2,3)19-15(21)22-17(9-10-17)13-5-7-14(8-6-13)20-12-4-11-18-20/h4-8,11-12H,9-10H2,1-3H3,(H,19,21). The average Bonchev–Trinajstić information content (AvgIpc) is 3.01. The van der Waals surface area contributed by atoms with E-state index < -0.39 is 5.60 Å². The van der Waals surface area contributed by atoms with Gasteiger partial charge in [-0.2, -0.15) is 5.10 Å². The molecule has 1 fully saturated rings. The van der Waals surface area contributed by atoms with Crippen molar-refractivity contribution in [3.05, 3.63) is 48.3 Å². The van der Waals surface area contributed by atoms with Crippen molar-refractivity contribution in [2.75, 3.05) is 0 Å². The van der Waals surface area contributed by atoms with Crippen molar-refractivity contribution in [2.24, 2.45) is 0 Å². The van der Waals surface area contributed by atoms with Crippen molar-refractivity contribution >= 4 is 6.09 Å². The van der Waals surface area contributed by atoms with E-state index in [-0.39, 0.29) is 11.6 Å². The molecule has 5 heteroatoms. The first-order valence-electron chi connectivity index (χ1n) is 7.50. The van der Waals surface area contributed by atoms with E-state index in [9.17, 15) is 4.79 Å². The highest BCUT2D eigenvalue weighted by Crippen LogP contribution is 2.49. The van der Waals surface area contributed by atoms with E-state index in [1.54, 1.807) is 10.9 Å². The van der Waals surface area contributed by atoms with Crippen molar-refractivity contribution in [3.63, 3.8) is 0 Å². The smallest absolute Gasteiger partial charge is 0.408 e. The van der Waals surface area contributed by atoms with Gasteiger partial charge in [-0.3, -0.25) is 0 Å². The van der Waals surface area contributed by atoms with Crippen molar-refractivity contribution in [3.8, 4) is 5.69 Å². The maximum Gasteiger partial charge on any atom is 0.408 e. The van der Waals surface area contributed by atoms with E-state index in [4.69, 9.17) is 4.74 Å². The molecule has 0 bridgehead atoms. The lowest BCUT2D eigenvalue weighted by Gasteiger charge is -2.23. The van der Waals surface area contributed by atoms with E-state index in [1.165, 1.54) is 0 Å². The predicted molar refractivity (Wildman–Crippen MR) is 83.8 cm³/mol. The van der Waals surface area contributed by atoms with Gasteiger partial charge >= 0.3 is 6.09 Å². The third kappa shape index (κ3) is 3.13. The molecule has 2 aromatic rings. The zero-order chi connectivity index (χ0) is 15.8. The topological polar surface area (TPSA) is 56.1 Å². The Labute approximate surface area is 130 Å². The van der Waals surface area contributed by atoms with Crippen LogP contribution in [0.25, 0.3) is 5.69 Å². The third-order valence-electron chi connectivity index (χ3n) is 3.63. The largest absolute Gasteiger partial charge is 0.438 e. The van der Waals surface area contributed by atoms with Gasteiger partial charge in [-0.25, -0.2) is 9.48 Å². The summed E-state index contributed by atoms with van der Waals surface area (Å²) in [6.45, 7) is 5.81. The SMILES string of the molecule is CC(C)(C)NC(=O)OC1(c2ccc(-n3cccn3)cc2)CC1. The zero-order valence-electron chi connectivity index (χ0n) is 13.2. The molecule has 1 N–H and O–H groups in total. The maximum atomic E-state index is 12.0. The fourth-order valence-corrected chi connectivity index (χ4v) is 2.41. The summed E-state index contributed by atoms with van der Waals surface area (Å²) in [5.41, 5.74) is 1.27. The first-order chi connectivity index (χ1) is 10.4. The normalized spacial score (nSPS) is 16.1. The molecule has 0 atom stereocenters. The van der Waals surface area contributed by atoms with Gasteiger partial charge in [0.25, 0.3) is 0 Å². The van der Waals surface area contributed by atoms with Crippen molar-refractivity contribution in [1.29, 1.82) is 0 Å². The van der Waals surface area contributed by atoms with E-state index in [0.29, 0.717) is 0 Å². The first kappa shape index (κ1) is 14.6. The Morgan fingerprint density at radius 1 is 1.27 bits per heavy atom. The molecule has 1 aliphatic carbocycles. The van der Waals surface area contributed by atoms with Gasteiger partial charge in [0.05, 0.1) is 5.69 Å². The van der Waals surface area contributed by atoms with E-state index in [2.05, 4.69) is 10.4 Å². The number of hydrogen-bond donors (Lipinski definition) is 1. The molecule has 5 nitrogen and oxygen atoms in total. The Bertz CT molecular complexity index is 650. The van der Waals surface area contributed by atoms with Gasteiger partial charge in [0.15, 0.2) is 0 Å². The Balaban J connectivity index is 1.72. The predicted octanol–water partition coefficient (Wildman–Crippen LogP) is 3.39. The number of carbonyl (C=O) groups excluding carboxylic acids is 1. The number of nitrogens with one attached hydrogen (secondary N) is 1. The van der Waals surface area contributed by atoms with Gasteiger partial charge in [0.1, 0.15) is 5.60 Å². The number of carbonyl (C=O) groups is 1. The molecule has 1 aliphatic rings. The van der Waals surface area contributed by atoms with Crippen molar-refractivity contribution in [1.82, 2.24) is 15.1 Å². The number of rotatable bonds is 3. The van der Waals surface area contributed by atoms with Gasteiger partial charge in [-0.15, -0.1) is 0 Å². The summed E-state index contributed by atoms with van der Waals surface area (Å²) in [7, 11) is 0. The van der Waals surface area contributed by atoms with Gasteiger partial charge in [-0.1, -0.05) is 12.1 Å². The molecule has 1 aromatic heterocycles. The molecule has 0 unspecified atom stereocenters. The highest BCUT2D eigenvalue weighted by molar-refractivity contribution is 5.69. The number of alkyl carbamates (subject to hydrolysis) is 1. The molecular formula is C17H21N3O2. The van der Waals surface area contributed by atoms with Crippen LogP contribution in [0.3, 0.4) is 0 Å². The van der Waals surface area contributed by atoms with Crippen LogP contribution in [0.4, 0.5) is 4.79 Å². The number of ether oxygens (including phenoxy) is 1. The maximum absolute atomic E-state index is 12.0. The minimum atomic E-state index is -0.460. The Hall–Kier alpha value is -2.30. The summed E-state index contributed by atoms with van der Waals surface area (Å²) in [5, 5.41) is 7.05. The summed E-state index contributed by atoms with van der Waals surface area (Å²) in [5.74, 6) is 0. The molecule has 3 rings (SSSR count). The van der Waals surface area contributed by atoms with Gasteiger partial charge < -0.3 is 10.1 Å². The molecule has 116 valence electrons. The fraction of sp³-hybridized carbons (Fsp3) is 0.412. The second-order valence-corrected chi connectivity index (χ2v) is 6.76. The molecule has 1 aromatic carbocycles. The summed E-state index contributed by atoms with van der Waals surface area (Å²) >= 11 is 0. The quantitative estimate of drug-likeness (QED) is 0.945. The van der Waals surface area contributed by atoms with E-state index in [1.807, 2.05) is 57.3 Å². The highest BCUT2D eigenvalue weighted by Gasteiger charge is 2.48. The molecule has 0 spiro atoms. The number of aromatic nitrogens is 2. The zero-order valence-corrected chi connectivity index (χ0v) is 13.2. The number of benzene rings is 1. The minimum absolute atomic E-state index is 0.295. The summed E-state index contributed by atoms with van der Waals surface area (Å²) < 4.78 is 7.47. The van der Waals surface area contributed by atoms with E-state index in [0.717, 1.165) is 24.1 Å². The molecule has 0 saturated heterocycles. The van der Waals surface area contributed by atoms with Crippen LogP contribution in [0.1, 0.15) is 39.2 Å². The number of nitrogens with zero attached hydrogens (tertiary/aromatic N) is 2. The number of hydrogen-bond acceptors (Lipinski definition) is 3. The first-order valence-corrected chi connectivity index (χ1v) is 7.50. The molecule has 22 heavy (non-hydrogen) atoms. The van der Waals surface area contributed by atoms with Crippen LogP contribution in [0.5, 0.6) is 0 Å². The Morgan fingerprint density at radius 3 is 2.45 bits per heavy atom. The van der Waals surface area contributed by atoms with Gasteiger partial charge in [-0.05, 0) is 57.4 Å². The van der Waals surface area contributed by atoms with Crippen LogP contribution in [-0.4, -0.2) is 21.4 Å². The lowest BCUT2D eigenvalue weighted by molar-refractivity contribution is 0.0755. The Morgan fingerprint density at radius 2 is 1.95 bits per heavy atom. The van der Waals surface area contributed by atoms with Crippen molar-refractivity contribution in [2.45, 2.75) is 44.8 Å². The van der Waals surface area contributed by atoms with Crippen LogP contribution >= 0.6 is 0 Å². The molecular weight excluding hydrogens is 278 g/mol. The monoisotopic (exact) mass is 299 g/mol. The molecule has 0 aliphatic heterocycles.